The van der Waals surface area contributed by atoms with Gasteiger partial charge in [-0.2, -0.15) is 0 Å². The highest BCUT2D eigenvalue weighted by Crippen LogP contribution is 2.27. The molecule has 4 heteroatoms. The molecule has 4 N–H and O–H groups in total. The minimum Gasteiger partial charge on any atom is -0.368 e. The summed E-state index contributed by atoms with van der Waals surface area (Å²) in [5.74, 6) is 0. The second kappa shape index (κ2) is 6.22. The van der Waals surface area contributed by atoms with Gasteiger partial charge < -0.3 is 20.4 Å². The summed E-state index contributed by atoms with van der Waals surface area (Å²) < 4.78 is 0. The Kier molecular flexibility index (Phi) is 5.33. The second-order valence-electron chi connectivity index (χ2n) is 6.89. The van der Waals surface area contributed by atoms with Crippen LogP contribution in [0.25, 0.3) is 0 Å². The van der Waals surface area contributed by atoms with Crippen LogP contribution in [-0.2, 0) is 12.8 Å². The van der Waals surface area contributed by atoms with Crippen LogP contribution in [0.2, 0.25) is 0 Å². The average molecular weight is 282 g/mol. The van der Waals surface area contributed by atoms with Gasteiger partial charge in [-0.3, -0.25) is 0 Å². The van der Waals surface area contributed by atoms with E-state index in [1.165, 1.54) is 0 Å². The number of aliphatic hydroxyl groups is 4. The highest BCUT2D eigenvalue weighted by atomic mass is 16.5. The lowest BCUT2D eigenvalue weighted by Gasteiger charge is -2.28. The third-order valence-electron chi connectivity index (χ3n) is 3.74. The fourth-order valence-corrected chi connectivity index (χ4v) is 2.01. The molecule has 0 aliphatic heterocycles. The van der Waals surface area contributed by atoms with E-state index in [4.69, 9.17) is 0 Å². The van der Waals surface area contributed by atoms with Crippen LogP contribution in [0.4, 0.5) is 0 Å². The van der Waals surface area contributed by atoms with Gasteiger partial charge in [-0.15, -0.1) is 0 Å². The van der Waals surface area contributed by atoms with E-state index in [0.29, 0.717) is 12.8 Å². The minimum atomic E-state index is -1.36. The van der Waals surface area contributed by atoms with E-state index in [1.807, 2.05) is 24.3 Å². The van der Waals surface area contributed by atoms with Crippen LogP contribution in [0.15, 0.2) is 24.3 Å². The van der Waals surface area contributed by atoms with Gasteiger partial charge in [0, 0.05) is 10.8 Å². The van der Waals surface area contributed by atoms with Crippen LogP contribution in [0.5, 0.6) is 0 Å². The Bertz CT molecular complexity index is 378. The SMILES string of the molecule is CC(C)(Cc1ccc(CC(C)(C)C(O)O)cc1)C(O)O. The molecule has 20 heavy (non-hydrogen) atoms. The van der Waals surface area contributed by atoms with Crippen LogP contribution in [0, 0.1) is 10.8 Å². The summed E-state index contributed by atoms with van der Waals surface area (Å²) >= 11 is 0. The second-order valence-corrected chi connectivity index (χ2v) is 6.89. The molecule has 0 atom stereocenters. The molecule has 0 radical (unpaired) electrons. The third kappa shape index (κ3) is 4.56. The zero-order chi connectivity index (χ0) is 15.6. The largest absolute Gasteiger partial charge is 0.368 e. The Morgan fingerprint density at radius 3 is 1.15 bits per heavy atom. The first-order chi connectivity index (χ1) is 9.04. The lowest BCUT2D eigenvalue weighted by atomic mass is 9.83. The Labute approximate surface area is 120 Å². The quantitative estimate of drug-likeness (QED) is 0.595. The van der Waals surface area contributed by atoms with Crippen LogP contribution >= 0.6 is 0 Å². The van der Waals surface area contributed by atoms with Crippen molar-refractivity contribution in [2.75, 3.05) is 0 Å². The van der Waals surface area contributed by atoms with Crippen LogP contribution in [0.1, 0.15) is 38.8 Å². The van der Waals surface area contributed by atoms with Gasteiger partial charge in [-0.05, 0) is 24.0 Å². The van der Waals surface area contributed by atoms with Crippen molar-refractivity contribution in [2.24, 2.45) is 10.8 Å². The van der Waals surface area contributed by atoms with Crippen molar-refractivity contribution in [3.63, 3.8) is 0 Å². The van der Waals surface area contributed by atoms with Gasteiger partial charge >= 0.3 is 0 Å². The molecular formula is C16H26O4. The minimum absolute atomic E-state index is 0.566. The molecule has 0 fully saturated rings. The molecule has 114 valence electrons. The predicted octanol–water partition coefficient (Wildman–Crippen LogP) is 1.45. The van der Waals surface area contributed by atoms with E-state index >= 15 is 0 Å². The molecular weight excluding hydrogens is 256 g/mol. The maximum atomic E-state index is 9.31. The molecule has 0 unspecified atom stereocenters. The molecule has 0 heterocycles. The lowest BCUT2D eigenvalue weighted by molar-refractivity contribution is -0.121. The van der Waals surface area contributed by atoms with Gasteiger partial charge in [0.2, 0.25) is 0 Å². The summed E-state index contributed by atoms with van der Waals surface area (Å²) in [4.78, 5) is 0. The van der Waals surface area contributed by atoms with Crippen molar-refractivity contribution < 1.29 is 20.4 Å². The topological polar surface area (TPSA) is 80.9 Å². The first kappa shape index (κ1) is 17.1. The normalized spacial score (nSPS) is 13.3. The first-order valence-electron chi connectivity index (χ1n) is 6.85. The van der Waals surface area contributed by atoms with Gasteiger partial charge in [0.1, 0.15) is 0 Å². The standard InChI is InChI=1S/C16H26O4/c1-15(2,13(17)18)9-11-5-7-12(8-6-11)10-16(3,4)14(19)20/h5-8,13-14,17-20H,9-10H2,1-4H3. The number of aliphatic hydroxyl groups excluding tert-OH is 2. The van der Waals surface area contributed by atoms with Gasteiger partial charge in [0.15, 0.2) is 12.6 Å². The molecule has 1 aromatic carbocycles. The Balaban J connectivity index is 2.75. The lowest BCUT2D eigenvalue weighted by Crippen LogP contribution is -2.31. The van der Waals surface area contributed by atoms with Crippen molar-refractivity contribution in [1.29, 1.82) is 0 Å². The maximum absolute atomic E-state index is 9.31. The Hall–Kier alpha value is -0.940. The van der Waals surface area contributed by atoms with Crippen molar-refractivity contribution in [1.82, 2.24) is 0 Å². The zero-order valence-corrected chi connectivity index (χ0v) is 12.7. The van der Waals surface area contributed by atoms with E-state index in [2.05, 4.69) is 0 Å². The summed E-state index contributed by atoms with van der Waals surface area (Å²) in [6.07, 6.45) is -1.58. The highest BCUT2D eigenvalue weighted by Gasteiger charge is 2.27. The number of rotatable bonds is 6. The molecule has 0 aliphatic rings. The fraction of sp³-hybridized carbons (Fsp3) is 0.625. The van der Waals surface area contributed by atoms with Crippen molar-refractivity contribution in [2.45, 2.75) is 53.1 Å². The molecule has 0 saturated heterocycles. The van der Waals surface area contributed by atoms with Gasteiger partial charge in [0.25, 0.3) is 0 Å². The zero-order valence-electron chi connectivity index (χ0n) is 12.7. The van der Waals surface area contributed by atoms with E-state index in [1.54, 1.807) is 27.7 Å². The van der Waals surface area contributed by atoms with Crippen LogP contribution < -0.4 is 0 Å². The first-order valence-corrected chi connectivity index (χ1v) is 6.85. The maximum Gasteiger partial charge on any atom is 0.156 e. The Morgan fingerprint density at radius 1 is 0.700 bits per heavy atom. The molecule has 4 nitrogen and oxygen atoms in total. The van der Waals surface area contributed by atoms with Gasteiger partial charge in [0.05, 0.1) is 0 Å². The molecule has 0 aromatic heterocycles. The van der Waals surface area contributed by atoms with Crippen LogP contribution in [0.3, 0.4) is 0 Å². The predicted molar refractivity (Wildman–Crippen MR) is 77.9 cm³/mol. The molecule has 0 spiro atoms. The van der Waals surface area contributed by atoms with Crippen molar-refractivity contribution in [3.05, 3.63) is 35.4 Å². The average Bonchev–Trinajstić information content (AvgIpc) is 2.30. The number of hydrogen-bond donors (Lipinski definition) is 4. The number of benzene rings is 1. The van der Waals surface area contributed by atoms with E-state index in [9.17, 15) is 20.4 Å². The molecule has 0 bridgehead atoms. The summed E-state index contributed by atoms with van der Waals surface area (Å²) in [5, 5.41) is 37.2. The molecule has 0 saturated carbocycles. The molecule has 1 rings (SSSR count). The summed E-state index contributed by atoms with van der Waals surface area (Å²) in [5.41, 5.74) is 0.855. The summed E-state index contributed by atoms with van der Waals surface area (Å²) in [6, 6.07) is 7.77. The fourth-order valence-electron chi connectivity index (χ4n) is 2.01. The molecule has 0 amide bonds. The highest BCUT2D eigenvalue weighted by molar-refractivity contribution is 5.24. The van der Waals surface area contributed by atoms with Crippen LogP contribution in [-0.4, -0.2) is 33.0 Å². The Morgan fingerprint density at radius 2 is 0.950 bits per heavy atom. The van der Waals surface area contributed by atoms with Crippen molar-refractivity contribution in [3.8, 4) is 0 Å². The third-order valence-corrected chi connectivity index (χ3v) is 3.74. The summed E-state index contributed by atoms with van der Waals surface area (Å²) in [7, 11) is 0. The van der Waals surface area contributed by atoms with Gasteiger partial charge in [-0.1, -0.05) is 52.0 Å². The van der Waals surface area contributed by atoms with E-state index < -0.39 is 23.4 Å². The summed E-state index contributed by atoms with van der Waals surface area (Å²) in [6.45, 7) is 7.21. The van der Waals surface area contributed by atoms with E-state index in [0.717, 1.165) is 11.1 Å². The number of hydrogen-bond acceptors (Lipinski definition) is 4. The van der Waals surface area contributed by atoms with Crippen molar-refractivity contribution >= 4 is 0 Å². The molecule has 1 aromatic rings. The monoisotopic (exact) mass is 282 g/mol. The smallest absolute Gasteiger partial charge is 0.156 e. The molecule has 0 aliphatic carbocycles. The van der Waals surface area contributed by atoms with Gasteiger partial charge in [-0.25, -0.2) is 0 Å². The van der Waals surface area contributed by atoms with E-state index in [-0.39, 0.29) is 0 Å².